The quantitative estimate of drug-likeness (QED) is 0.452. The summed E-state index contributed by atoms with van der Waals surface area (Å²) in [5.74, 6) is 0.607. The number of hydrogen-bond acceptors (Lipinski definition) is 4. The summed E-state index contributed by atoms with van der Waals surface area (Å²) in [6, 6.07) is 6.02. The molecule has 0 aliphatic heterocycles. The summed E-state index contributed by atoms with van der Waals surface area (Å²) in [5.41, 5.74) is 0.0585. The van der Waals surface area contributed by atoms with Crippen molar-refractivity contribution >= 4 is 14.2 Å². The van der Waals surface area contributed by atoms with Crippen molar-refractivity contribution < 1.29 is 13.8 Å². The van der Waals surface area contributed by atoms with E-state index in [9.17, 15) is 10.1 Å². The highest BCUT2D eigenvalue weighted by atomic mass is 28.4. The average Bonchev–Trinajstić information content (AvgIpc) is 2.17. The molecule has 0 amide bonds. The van der Waals surface area contributed by atoms with Crippen LogP contribution in [0.15, 0.2) is 24.3 Å². The molecule has 0 unspecified atom stereocenters. The SMILES string of the molecule is CCO[Si](C)(C)Oc1ccc([N+](=O)[O-])cc1. The lowest BCUT2D eigenvalue weighted by Gasteiger charge is -2.22. The minimum Gasteiger partial charge on any atom is -0.520 e. The average molecular weight is 241 g/mol. The second kappa shape index (κ2) is 5.09. The van der Waals surface area contributed by atoms with Crippen molar-refractivity contribution in [3.05, 3.63) is 34.4 Å². The van der Waals surface area contributed by atoms with Crippen LogP contribution >= 0.6 is 0 Å². The molecular weight excluding hydrogens is 226 g/mol. The van der Waals surface area contributed by atoms with E-state index in [1.807, 2.05) is 20.0 Å². The zero-order chi connectivity index (χ0) is 12.2. The molecule has 0 fully saturated rings. The van der Waals surface area contributed by atoms with Crippen molar-refractivity contribution in [1.82, 2.24) is 0 Å². The summed E-state index contributed by atoms with van der Waals surface area (Å²) in [4.78, 5) is 10.0. The van der Waals surface area contributed by atoms with E-state index in [-0.39, 0.29) is 5.69 Å². The third-order valence-electron chi connectivity index (χ3n) is 1.90. The number of nitro groups is 1. The second-order valence-electron chi connectivity index (χ2n) is 3.69. The van der Waals surface area contributed by atoms with Gasteiger partial charge >= 0.3 is 8.56 Å². The standard InChI is InChI=1S/C10H15NO4Si/c1-4-14-16(2,3)15-10-7-5-9(6-8-10)11(12)13/h5-8H,4H2,1-3H3. The molecule has 88 valence electrons. The Kier molecular flexibility index (Phi) is 4.03. The number of nitro benzene ring substituents is 1. The molecule has 0 N–H and O–H groups in total. The molecule has 6 heteroatoms. The van der Waals surface area contributed by atoms with Gasteiger partial charge in [-0.15, -0.1) is 0 Å². The van der Waals surface area contributed by atoms with Crippen molar-refractivity contribution in [2.24, 2.45) is 0 Å². The largest absolute Gasteiger partial charge is 0.520 e. The Hall–Kier alpha value is -1.40. The van der Waals surface area contributed by atoms with Gasteiger partial charge in [-0.3, -0.25) is 10.1 Å². The number of non-ortho nitro benzene ring substituents is 1. The van der Waals surface area contributed by atoms with Gasteiger partial charge in [-0.25, -0.2) is 0 Å². The van der Waals surface area contributed by atoms with Crippen LogP contribution in [0, 0.1) is 10.1 Å². The van der Waals surface area contributed by atoms with Crippen LogP contribution in [0.2, 0.25) is 13.1 Å². The van der Waals surface area contributed by atoms with Gasteiger partial charge in [0.2, 0.25) is 0 Å². The van der Waals surface area contributed by atoms with Gasteiger partial charge in [-0.1, -0.05) is 0 Å². The number of rotatable bonds is 5. The fraction of sp³-hybridized carbons (Fsp3) is 0.400. The predicted molar refractivity (Wildman–Crippen MR) is 62.8 cm³/mol. The molecule has 0 bridgehead atoms. The molecular formula is C10H15NO4Si. The topological polar surface area (TPSA) is 61.6 Å². The van der Waals surface area contributed by atoms with Gasteiger partial charge in [0.05, 0.1) is 4.92 Å². The lowest BCUT2D eigenvalue weighted by atomic mass is 10.3. The molecule has 0 spiro atoms. The van der Waals surface area contributed by atoms with E-state index in [1.165, 1.54) is 12.1 Å². The summed E-state index contributed by atoms with van der Waals surface area (Å²) in [6.07, 6.45) is 0. The van der Waals surface area contributed by atoms with E-state index < -0.39 is 13.5 Å². The zero-order valence-electron chi connectivity index (χ0n) is 9.60. The van der Waals surface area contributed by atoms with E-state index in [2.05, 4.69) is 0 Å². The lowest BCUT2D eigenvalue weighted by molar-refractivity contribution is -0.384. The van der Waals surface area contributed by atoms with Crippen LogP contribution in [0.1, 0.15) is 6.92 Å². The van der Waals surface area contributed by atoms with Crippen molar-refractivity contribution in [1.29, 1.82) is 0 Å². The molecule has 0 atom stereocenters. The summed E-state index contributed by atoms with van der Waals surface area (Å²) in [5, 5.41) is 10.4. The van der Waals surface area contributed by atoms with Crippen molar-refractivity contribution in [3.8, 4) is 5.75 Å². The molecule has 0 aromatic heterocycles. The molecule has 1 rings (SSSR count). The summed E-state index contributed by atoms with van der Waals surface area (Å²) in [6.45, 7) is 6.37. The molecule has 0 radical (unpaired) electrons. The first-order chi connectivity index (χ1) is 7.44. The van der Waals surface area contributed by atoms with E-state index in [0.717, 1.165) is 0 Å². The molecule has 0 heterocycles. The molecule has 1 aromatic rings. The van der Waals surface area contributed by atoms with Gasteiger partial charge in [-0.05, 0) is 32.2 Å². The van der Waals surface area contributed by atoms with Crippen LogP contribution < -0.4 is 4.43 Å². The molecule has 0 saturated carbocycles. The summed E-state index contributed by atoms with van der Waals surface area (Å²) >= 11 is 0. The maximum Gasteiger partial charge on any atom is 0.392 e. The molecule has 0 saturated heterocycles. The molecule has 1 aromatic carbocycles. The van der Waals surface area contributed by atoms with E-state index in [1.54, 1.807) is 12.1 Å². The molecule has 5 nitrogen and oxygen atoms in total. The Morgan fingerprint density at radius 3 is 2.31 bits per heavy atom. The van der Waals surface area contributed by atoms with E-state index in [4.69, 9.17) is 8.85 Å². The first-order valence-corrected chi connectivity index (χ1v) is 7.83. The Balaban J connectivity index is 2.72. The number of hydrogen-bond donors (Lipinski definition) is 0. The number of nitrogens with zero attached hydrogens (tertiary/aromatic N) is 1. The fourth-order valence-corrected chi connectivity index (χ4v) is 2.75. The van der Waals surface area contributed by atoms with E-state index >= 15 is 0 Å². The second-order valence-corrected chi connectivity index (χ2v) is 6.98. The van der Waals surface area contributed by atoms with Gasteiger partial charge < -0.3 is 8.85 Å². The van der Waals surface area contributed by atoms with E-state index in [0.29, 0.717) is 12.4 Å². The van der Waals surface area contributed by atoms with Crippen LogP contribution in [0.25, 0.3) is 0 Å². The van der Waals surface area contributed by atoms with Crippen molar-refractivity contribution in [2.75, 3.05) is 6.61 Å². The van der Waals surface area contributed by atoms with Gasteiger partial charge in [0.1, 0.15) is 5.75 Å². The first kappa shape index (κ1) is 12.7. The molecule has 0 aliphatic carbocycles. The van der Waals surface area contributed by atoms with Crippen LogP contribution in [0.4, 0.5) is 5.69 Å². The Morgan fingerprint density at radius 2 is 1.88 bits per heavy atom. The van der Waals surface area contributed by atoms with Crippen molar-refractivity contribution in [3.63, 3.8) is 0 Å². The molecule has 0 aliphatic rings. The van der Waals surface area contributed by atoms with Gasteiger partial charge in [0.15, 0.2) is 0 Å². The Labute approximate surface area is 95.4 Å². The Bertz CT molecular complexity index is 364. The highest BCUT2D eigenvalue weighted by Crippen LogP contribution is 2.20. The predicted octanol–water partition coefficient (Wildman–Crippen LogP) is 2.71. The maximum absolute atomic E-state index is 10.4. The van der Waals surface area contributed by atoms with Crippen LogP contribution in [-0.2, 0) is 4.43 Å². The minimum absolute atomic E-state index is 0.0585. The van der Waals surface area contributed by atoms with Crippen molar-refractivity contribution in [2.45, 2.75) is 20.0 Å². The van der Waals surface area contributed by atoms with Crippen LogP contribution in [0.3, 0.4) is 0 Å². The third kappa shape index (κ3) is 3.63. The normalized spacial score (nSPS) is 11.2. The third-order valence-corrected chi connectivity index (χ3v) is 3.61. The lowest BCUT2D eigenvalue weighted by Crippen LogP contribution is -2.38. The highest BCUT2D eigenvalue weighted by molar-refractivity contribution is 6.65. The van der Waals surface area contributed by atoms with Gasteiger partial charge in [0, 0.05) is 18.7 Å². The van der Waals surface area contributed by atoms with Gasteiger partial charge in [-0.2, -0.15) is 0 Å². The zero-order valence-corrected chi connectivity index (χ0v) is 10.6. The fourth-order valence-electron chi connectivity index (χ4n) is 1.30. The summed E-state index contributed by atoms with van der Waals surface area (Å²) in [7, 11) is -2.16. The monoisotopic (exact) mass is 241 g/mol. The summed E-state index contributed by atoms with van der Waals surface area (Å²) < 4.78 is 11.2. The van der Waals surface area contributed by atoms with Gasteiger partial charge in [0.25, 0.3) is 5.69 Å². The van der Waals surface area contributed by atoms with Crippen LogP contribution in [-0.4, -0.2) is 20.1 Å². The first-order valence-electron chi connectivity index (χ1n) is 5.02. The minimum atomic E-state index is -2.16. The Morgan fingerprint density at radius 1 is 1.31 bits per heavy atom. The van der Waals surface area contributed by atoms with Crippen LogP contribution in [0.5, 0.6) is 5.75 Å². The number of benzene rings is 1. The molecule has 16 heavy (non-hydrogen) atoms. The maximum atomic E-state index is 10.4. The highest BCUT2D eigenvalue weighted by Gasteiger charge is 2.26. The smallest absolute Gasteiger partial charge is 0.392 e.